The summed E-state index contributed by atoms with van der Waals surface area (Å²) in [6.45, 7) is 2.53. The normalized spacial score (nSPS) is 17.6. The van der Waals surface area contributed by atoms with Crippen LogP contribution in [0, 0.1) is 0 Å². The highest BCUT2D eigenvalue weighted by molar-refractivity contribution is 6.31. The number of piperidine rings is 1. The van der Waals surface area contributed by atoms with E-state index in [4.69, 9.17) is 11.6 Å². The molecular weight excluding hydrogens is 415 g/mol. The Kier molecular flexibility index (Phi) is 5.44. The molecule has 2 aliphatic rings. The number of rotatable bonds is 6. The molecule has 162 valence electrons. The SMILES string of the molecule is O=C1N(Cc2cc3cc(Cl)ccc3n2CCCCF)c2cnccc2C12CCNCC2. The Morgan fingerprint density at radius 3 is 2.81 bits per heavy atom. The Bertz CT molecular complexity index is 1120. The van der Waals surface area contributed by atoms with E-state index in [9.17, 15) is 9.18 Å². The van der Waals surface area contributed by atoms with E-state index in [0.29, 0.717) is 24.5 Å². The molecule has 1 fully saturated rings. The fourth-order valence-electron chi connectivity index (χ4n) is 5.20. The second-order valence-corrected chi connectivity index (χ2v) is 8.94. The summed E-state index contributed by atoms with van der Waals surface area (Å²) in [4.78, 5) is 20.0. The van der Waals surface area contributed by atoms with Gasteiger partial charge in [-0.1, -0.05) is 11.6 Å². The topological polar surface area (TPSA) is 50.2 Å². The highest BCUT2D eigenvalue weighted by Crippen LogP contribution is 2.47. The molecular formula is C24H26ClFN4O. The van der Waals surface area contributed by atoms with Crippen molar-refractivity contribution in [2.75, 3.05) is 24.7 Å². The van der Waals surface area contributed by atoms with Crippen LogP contribution in [0.1, 0.15) is 36.9 Å². The van der Waals surface area contributed by atoms with Crippen LogP contribution < -0.4 is 10.2 Å². The lowest BCUT2D eigenvalue weighted by Crippen LogP contribution is -2.47. The van der Waals surface area contributed by atoms with Gasteiger partial charge in [0.15, 0.2) is 0 Å². The van der Waals surface area contributed by atoms with Crippen molar-refractivity contribution in [3.8, 4) is 0 Å². The van der Waals surface area contributed by atoms with Gasteiger partial charge in [0.1, 0.15) is 0 Å². The molecule has 5 rings (SSSR count). The first kappa shape index (κ1) is 20.5. The molecule has 1 spiro atoms. The number of nitrogens with one attached hydrogen (secondary N) is 1. The number of alkyl halides is 1. The van der Waals surface area contributed by atoms with Gasteiger partial charge in [-0.15, -0.1) is 0 Å². The molecule has 7 heteroatoms. The van der Waals surface area contributed by atoms with Crippen LogP contribution in [0.15, 0.2) is 42.7 Å². The molecule has 1 amide bonds. The molecule has 2 aromatic heterocycles. The van der Waals surface area contributed by atoms with Gasteiger partial charge in [0.2, 0.25) is 5.91 Å². The second kappa shape index (κ2) is 8.24. The van der Waals surface area contributed by atoms with Gasteiger partial charge in [0.05, 0.1) is 30.5 Å². The van der Waals surface area contributed by atoms with E-state index in [-0.39, 0.29) is 12.6 Å². The van der Waals surface area contributed by atoms with E-state index in [1.54, 1.807) is 6.20 Å². The first-order valence-electron chi connectivity index (χ1n) is 10.9. The van der Waals surface area contributed by atoms with Crippen molar-refractivity contribution in [3.63, 3.8) is 0 Å². The minimum absolute atomic E-state index is 0.163. The average Bonchev–Trinajstić information content (AvgIpc) is 3.23. The number of aromatic nitrogens is 2. The summed E-state index contributed by atoms with van der Waals surface area (Å²) in [6, 6.07) is 9.94. The summed E-state index contributed by atoms with van der Waals surface area (Å²) < 4.78 is 15.0. The van der Waals surface area contributed by atoms with Crippen LogP contribution in [0.2, 0.25) is 5.02 Å². The van der Waals surface area contributed by atoms with Crippen LogP contribution in [-0.4, -0.2) is 35.2 Å². The number of anilines is 1. The highest BCUT2D eigenvalue weighted by atomic mass is 35.5. The average molecular weight is 441 g/mol. The largest absolute Gasteiger partial charge is 0.343 e. The number of aryl methyl sites for hydroxylation is 1. The van der Waals surface area contributed by atoms with Crippen molar-refractivity contribution < 1.29 is 9.18 Å². The van der Waals surface area contributed by atoms with Crippen molar-refractivity contribution in [2.24, 2.45) is 0 Å². The molecule has 1 aromatic carbocycles. The number of nitrogens with zero attached hydrogens (tertiary/aromatic N) is 3. The number of unbranched alkanes of at least 4 members (excludes halogenated alkanes) is 1. The van der Waals surface area contributed by atoms with Crippen molar-refractivity contribution in [3.05, 3.63) is 59.0 Å². The van der Waals surface area contributed by atoms with Crippen molar-refractivity contribution in [1.82, 2.24) is 14.9 Å². The number of benzene rings is 1. The summed E-state index contributed by atoms with van der Waals surface area (Å²) in [5.74, 6) is 0.163. The van der Waals surface area contributed by atoms with Gasteiger partial charge >= 0.3 is 0 Å². The van der Waals surface area contributed by atoms with Gasteiger partial charge in [0.25, 0.3) is 0 Å². The second-order valence-electron chi connectivity index (χ2n) is 8.50. The Balaban J connectivity index is 1.55. The molecule has 2 aliphatic heterocycles. The molecule has 0 aliphatic carbocycles. The lowest BCUT2D eigenvalue weighted by molar-refractivity contribution is -0.124. The smallest absolute Gasteiger partial charge is 0.238 e. The minimum atomic E-state index is -0.460. The predicted octanol–water partition coefficient (Wildman–Crippen LogP) is 4.61. The summed E-state index contributed by atoms with van der Waals surface area (Å²) in [6.07, 6.45) is 6.48. The zero-order valence-electron chi connectivity index (χ0n) is 17.4. The number of hydrogen-bond acceptors (Lipinski definition) is 3. The van der Waals surface area contributed by atoms with Gasteiger partial charge < -0.3 is 14.8 Å². The number of amides is 1. The highest BCUT2D eigenvalue weighted by Gasteiger charge is 2.51. The number of hydrogen-bond donors (Lipinski definition) is 1. The molecule has 3 aromatic rings. The fraction of sp³-hybridized carbons (Fsp3) is 0.417. The summed E-state index contributed by atoms with van der Waals surface area (Å²) in [5, 5.41) is 5.10. The molecule has 4 heterocycles. The molecule has 0 unspecified atom stereocenters. The van der Waals surface area contributed by atoms with Crippen molar-refractivity contribution in [2.45, 2.75) is 44.2 Å². The Labute approximate surface area is 186 Å². The minimum Gasteiger partial charge on any atom is -0.343 e. The van der Waals surface area contributed by atoms with Gasteiger partial charge in [0, 0.05) is 34.4 Å². The zero-order valence-corrected chi connectivity index (χ0v) is 18.2. The van der Waals surface area contributed by atoms with Crippen molar-refractivity contribution in [1.29, 1.82) is 0 Å². The quantitative estimate of drug-likeness (QED) is 0.569. The Morgan fingerprint density at radius 2 is 2.00 bits per heavy atom. The standard InChI is InChI=1S/C24H26ClFN4O/c25-18-3-4-21-17(13-18)14-19(29(21)12-2-1-8-26)16-30-22-15-28-9-5-20(22)24(23(30)31)6-10-27-11-7-24/h3-5,9,13-15,27H,1-2,6-8,10-12,16H2. The maximum absolute atomic E-state index is 13.8. The number of halogens is 2. The predicted molar refractivity (Wildman–Crippen MR) is 121 cm³/mol. The summed E-state index contributed by atoms with van der Waals surface area (Å²) in [7, 11) is 0. The van der Waals surface area contributed by atoms with E-state index in [1.165, 1.54) is 0 Å². The van der Waals surface area contributed by atoms with Crippen LogP contribution in [0.4, 0.5) is 10.1 Å². The molecule has 0 radical (unpaired) electrons. The van der Waals surface area contributed by atoms with Gasteiger partial charge in [-0.3, -0.25) is 14.2 Å². The first-order chi connectivity index (χ1) is 15.1. The van der Waals surface area contributed by atoms with E-state index in [2.05, 4.69) is 20.9 Å². The number of carbonyl (C=O) groups is 1. The van der Waals surface area contributed by atoms with Crippen LogP contribution in [0.25, 0.3) is 10.9 Å². The van der Waals surface area contributed by atoms with E-state index in [0.717, 1.165) is 60.2 Å². The van der Waals surface area contributed by atoms with E-state index in [1.807, 2.05) is 35.4 Å². The Hall–Kier alpha value is -2.44. The number of carbonyl (C=O) groups excluding carboxylic acids is 1. The Morgan fingerprint density at radius 1 is 1.16 bits per heavy atom. The number of fused-ring (bicyclic) bond motifs is 3. The van der Waals surface area contributed by atoms with Crippen LogP contribution in [-0.2, 0) is 23.3 Å². The van der Waals surface area contributed by atoms with Crippen LogP contribution in [0.3, 0.4) is 0 Å². The lowest BCUT2D eigenvalue weighted by Gasteiger charge is -2.33. The molecule has 31 heavy (non-hydrogen) atoms. The van der Waals surface area contributed by atoms with Crippen LogP contribution in [0.5, 0.6) is 0 Å². The van der Waals surface area contributed by atoms with Gasteiger partial charge in [-0.05, 0) is 74.7 Å². The van der Waals surface area contributed by atoms with Gasteiger partial charge in [-0.2, -0.15) is 0 Å². The molecule has 1 N–H and O–H groups in total. The zero-order chi connectivity index (χ0) is 21.4. The summed E-state index contributed by atoms with van der Waals surface area (Å²) >= 11 is 6.23. The third kappa shape index (κ3) is 3.42. The third-order valence-corrected chi connectivity index (χ3v) is 6.99. The molecule has 1 saturated heterocycles. The summed E-state index contributed by atoms with van der Waals surface area (Å²) in [5.41, 5.74) is 3.64. The molecule has 0 atom stereocenters. The number of pyridine rings is 1. The van der Waals surface area contributed by atoms with Gasteiger partial charge in [-0.25, -0.2) is 0 Å². The third-order valence-electron chi connectivity index (χ3n) is 6.75. The maximum Gasteiger partial charge on any atom is 0.238 e. The monoisotopic (exact) mass is 440 g/mol. The first-order valence-corrected chi connectivity index (χ1v) is 11.3. The maximum atomic E-state index is 13.8. The van der Waals surface area contributed by atoms with E-state index >= 15 is 0 Å². The fourth-order valence-corrected chi connectivity index (χ4v) is 5.38. The van der Waals surface area contributed by atoms with Crippen LogP contribution >= 0.6 is 11.6 Å². The lowest BCUT2D eigenvalue weighted by atomic mass is 9.74. The van der Waals surface area contributed by atoms with Crippen molar-refractivity contribution >= 4 is 34.1 Å². The molecule has 5 nitrogen and oxygen atoms in total. The molecule has 0 bridgehead atoms. The molecule has 0 saturated carbocycles. The van der Waals surface area contributed by atoms with E-state index < -0.39 is 5.41 Å².